The number of halogens is 1. The normalized spacial score (nSPS) is 11.0. The second-order valence-electron chi connectivity index (χ2n) is 5.46. The van der Waals surface area contributed by atoms with E-state index >= 15 is 0 Å². The van der Waals surface area contributed by atoms with Gasteiger partial charge in [0, 0.05) is 36.7 Å². The maximum Gasteiger partial charge on any atom is 0.251 e. The second-order valence-corrected chi connectivity index (χ2v) is 6.37. The lowest BCUT2D eigenvalue weighted by molar-refractivity contribution is 0.0953. The highest BCUT2D eigenvalue weighted by Crippen LogP contribution is 2.11. The molecule has 6 heteroatoms. The number of rotatable bonds is 7. The van der Waals surface area contributed by atoms with Crippen molar-refractivity contribution in [3.63, 3.8) is 0 Å². The van der Waals surface area contributed by atoms with E-state index in [-0.39, 0.29) is 5.91 Å². The quantitative estimate of drug-likeness (QED) is 0.379. The van der Waals surface area contributed by atoms with Crippen LogP contribution >= 0.6 is 15.9 Å². The highest BCUT2D eigenvalue weighted by molar-refractivity contribution is 9.10. The summed E-state index contributed by atoms with van der Waals surface area (Å²) in [5, 5.41) is 9.42. The molecule has 0 aliphatic heterocycles. The summed E-state index contributed by atoms with van der Waals surface area (Å²) in [5.41, 5.74) is 1.86. The standard InChI is InChI=1S/C19H23BrN4O/c1-21-19(24-14-15-7-3-2-4-8-15)23-12-6-11-22-18(25)16-9-5-10-17(20)13-16/h2-5,7-10,13H,6,11-12,14H2,1H3,(H,22,25)(H2,21,23,24). The first-order valence-corrected chi connectivity index (χ1v) is 9.00. The second kappa shape index (κ2) is 10.5. The number of hydrogen-bond donors (Lipinski definition) is 3. The zero-order valence-corrected chi connectivity index (χ0v) is 15.8. The van der Waals surface area contributed by atoms with Gasteiger partial charge in [0.15, 0.2) is 5.96 Å². The van der Waals surface area contributed by atoms with Crippen LogP contribution in [0.4, 0.5) is 0 Å². The Labute approximate surface area is 157 Å². The predicted octanol–water partition coefficient (Wildman–Crippen LogP) is 2.93. The van der Waals surface area contributed by atoms with Gasteiger partial charge in [0.1, 0.15) is 0 Å². The molecule has 0 saturated carbocycles. The number of carbonyl (C=O) groups is 1. The van der Waals surface area contributed by atoms with Gasteiger partial charge in [-0.3, -0.25) is 9.79 Å². The fraction of sp³-hybridized carbons (Fsp3) is 0.263. The summed E-state index contributed by atoms with van der Waals surface area (Å²) in [6.07, 6.45) is 0.811. The first kappa shape index (κ1) is 19.0. The van der Waals surface area contributed by atoms with E-state index in [9.17, 15) is 4.79 Å². The summed E-state index contributed by atoms with van der Waals surface area (Å²) in [4.78, 5) is 16.2. The van der Waals surface area contributed by atoms with Gasteiger partial charge in [0.25, 0.3) is 5.91 Å². The monoisotopic (exact) mass is 402 g/mol. The topological polar surface area (TPSA) is 65.5 Å². The summed E-state index contributed by atoms with van der Waals surface area (Å²) in [6.45, 7) is 2.06. The average Bonchev–Trinajstić information content (AvgIpc) is 2.64. The van der Waals surface area contributed by atoms with Crippen LogP contribution in [0.2, 0.25) is 0 Å². The van der Waals surface area contributed by atoms with Crippen LogP contribution in [-0.4, -0.2) is 32.0 Å². The van der Waals surface area contributed by atoms with E-state index in [0.29, 0.717) is 12.1 Å². The molecule has 0 heterocycles. The van der Waals surface area contributed by atoms with Gasteiger partial charge in [-0.25, -0.2) is 0 Å². The van der Waals surface area contributed by atoms with Crippen molar-refractivity contribution in [2.24, 2.45) is 4.99 Å². The molecule has 0 aromatic heterocycles. The van der Waals surface area contributed by atoms with Crippen LogP contribution in [0.1, 0.15) is 22.3 Å². The van der Waals surface area contributed by atoms with Crippen molar-refractivity contribution in [3.05, 3.63) is 70.2 Å². The van der Waals surface area contributed by atoms with Gasteiger partial charge in [0.2, 0.25) is 0 Å². The molecule has 0 aliphatic rings. The third kappa shape index (κ3) is 6.97. The molecular formula is C19H23BrN4O. The van der Waals surface area contributed by atoms with Gasteiger partial charge in [-0.05, 0) is 30.2 Å². The zero-order valence-electron chi connectivity index (χ0n) is 14.3. The summed E-state index contributed by atoms with van der Waals surface area (Å²) in [6, 6.07) is 17.5. The van der Waals surface area contributed by atoms with E-state index in [1.807, 2.05) is 36.4 Å². The molecule has 2 aromatic carbocycles. The maximum absolute atomic E-state index is 12.0. The van der Waals surface area contributed by atoms with Gasteiger partial charge in [-0.2, -0.15) is 0 Å². The van der Waals surface area contributed by atoms with Gasteiger partial charge in [-0.1, -0.05) is 52.3 Å². The Morgan fingerprint density at radius 3 is 2.48 bits per heavy atom. The lowest BCUT2D eigenvalue weighted by atomic mass is 10.2. The fourth-order valence-corrected chi connectivity index (χ4v) is 2.63. The van der Waals surface area contributed by atoms with Crippen molar-refractivity contribution in [2.75, 3.05) is 20.1 Å². The number of amides is 1. The lowest BCUT2D eigenvalue weighted by Crippen LogP contribution is -2.38. The molecule has 0 atom stereocenters. The molecular weight excluding hydrogens is 380 g/mol. The van der Waals surface area contributed by atoms with Gasteiger partial charge in [0.05, 0.1) is 0 Å². The molecule has 5 nitrogen and oxygen atoms in total. The molecule has 2 aromatic rings. The Morgan fingerprint density at radius 2 is 1.76 bits per heavy atom. The molecule has 132 valence electrons. The fourth-order valence-electron chi connectivity index (χ4n) is 2.23. The lowest BCUT2D eigenvalue weighted by Gasteiger charge is -2.12. The van der Waals surface area contributed by atoms with E-state index in [1.165, 1.54) is 5.56 Å². The highest BCUT2D eigenvalue weighted by Gasteiger charge is 2.04. The first-order chi connectivity index (χ1) is 12.2. The first-order valence-electron chi connectivity index (χ1n) is 8.21. The Morgan fingerprint density at radius 1 is 1.00 bits per heavy atom. The van der Waals surface area contributed by atoms with Gasteiger partial charge >= 0.3 is 0 Å². The minimum Gasteiger partial charge on any atom is -0.356 e. The molecule has 3 N–H and O–H groups in total. The van der Waals surface area contributed by atoms with E-state index < -0.39 is 0 Å². The molecule has 0 unspecified atom stereocenters. The number of hydrogen-bond acceptors (Lipinski definition) is 2. The number of carbonyl (C=O) groups excluding carboxylic acids is 1. The maximum atomic E-state index is 12.0. The Hall–Kier alpha value is -2.34. The van der Waals surface area contributed by atoms with Crippen molar-refractivity contribution in [1.29, 1.82) is 0 Å². The number of nitrogens with zero attached hydrogens (tertiary/aromatic N) is 1. The molecule has 0 aliphatic carbocycles. The predicted molar refractivity (Wildman–Crippen MR) is 106 cm³/mol. The molecule has 0 saturated heterocycles. The smallest absolute Gasteiger partial charge is 0.251 e. The van der Waals surface area contributed by atoms with E-state index in [1.54, 1.807) is 13.1 Å². The molecule has 0 spiro atoms. The summed E-state index contributed by atoms with van der Waals surface area (Å²) in [5.74, 6) is 0.690. The SMILES string of the molecule is CN=C(NCCCNC(=O)c1cccc(Br)c1)NCc1ccccc1. The van der Waals surface area contributed by atoms with Crippen molar-refractivity contribution in [3.8, 4) is 0 Å². The van der Waals surface area contributed by atoms with Gasteiger partial charge < -0.3 is 16.0 Å². The molecule has 0 bridgehead atoms. The molecule has 1 amide bonds. The van der Waals surface area contributed by atoms with Crippen LogP contribution in [0.5, 0.6) is 0 Å². The molecule has 25 heavy (non-hydrogen) atoms. The van der Waals surface area contributed by atoms with Crippen molar-refractivity contribution >= 4 is 27.8 Å². The van der Waals surface area contributed by atoms with Crippen LogP contribution in [0.25, 0.3) is 0 Å². The highest BCUT2D eigenvalue weighted by atomic mass is 79.9. The van der Waals surface area contributed by atoms with Crippen LogP contribution in [0.3, 0.4) is 0 Å². The Kier molecular flexibility index (Phi) is 7.98. The van der Waals surface area contributed by atoms with E-state index in [0.717, 1.165) is 29.9 Å². The number of nitrogens with one attached hydrogen (secondary N) is 3. The molecule has 0 radical (unpaired) electrons. The Balaban J connectivity index is 1.63. The van der Waals surface area contributed by atoms with Crippen LogP contribution in [-0.2, 0) is 6.54 Å². The number of guanidine groups is 1. The number of aliphatic imine (C=N–C) groups is 1. The van der Waals surface area contributed by atoms with Crippen molar-refractivity contribution in [1.82, 2.24) is 16.0 Å². The summed E-state index contributed by atoms with van der Waals surface area (Å²) < 4.78 is 0.898. The van der Waals surface area contributed by atoms with E-state index in [2.05, 4.69) is 49.0 Å². The number of benzene rings is 2. The van der Waals surface area contributed by atoms with Crippen molar-refractivity contribution in [2.45, 2.75) is 13.0 Å². The van der Waals surface area contributed by atoms with Crippen LogP contribution in [0, 0.1) is 0 Å². The van der Waals surface area contributed by atoms with Gasteiger partial charge in [-0.15, -0.1) is 0 Å². The zero-order chi connectivity index (χ0) is 17.9. The largest absolute Gasteiger partial charge is 0.356 e. The Bertz CT molecular complexity index is 704. The molecule has 0 fully saturated rings. The van der Waals surface area contributed by atoms with Crippen LogP contribution in [0.15, 0.2) is 64.1 Å². The minimum absolute atomic E-state index is 0.0621. The minimum atomic E-state index is -0.0621. The third-order valence-corrected chi connectivity index (χ3v) is 4.04. The van der Waals surface area contributed by atoms with Crippen LogP contribution < -0.4 is 16.0 Å². The van der Waals surface area contributed by atoms with E-state index in [4.69, 9.17) is 0 Å². The summed E-state index contributed by atoms with van der Waals surface area (Å²) >= 11 is 3.37. The average molecular weight is 403 g/mol. The van der Waals surface area contributed by atoms with Crippen molar-refractivity contribution < 1.29 is 4.79 Å². The molecule has 2 rings (SSSR count). The summed E-state index contributed by atoms with van der Waals surface area (Å²) in [7, 11) is 1.75. The third-order valence-electron chi connectivity index (χ3n) is 3.54.